The largest absolute Gasteiger partial charge is 0.375 e. The second-order valence-corrected chi connectivity index (χ2v) is 8.40. The number of halogens is 1. The molecule has 7 heteroatoms. The van der Waals surface area contributed by atoms with E-state index in [1.807, 2.05) is 19.9 Å². The number of ether oxygens (including phenoxy) is 1. The van der Waals surface area contributed by atoms with Crippen LogP contribution >= 0.6 is 11.3 Å². The summed E-state index contributed by atoms with van der Waals surface area (Å²) in [6.45, 7) is 6.44. The van der Waals surface area contributed by atoms with E-state index in [1.165, 1.54) is 11.3 Å². The Labute approximate surface area is 157 Å². The number of rotatable bonds is 4. The van der Waals surface area contributed by atoms with Crippen LogP contribution in [0.25, 0.3) is 0 Å². The lowest BCUT2D eigenvalue weighted by Crippen LogP contribution is -2.47. The third-order valence-electron chi connectivity index (χ3n) is 4.42. The van der Waals surface area contributed by atoms with Crippen LogP contribution in [0.15, 0.2) is 24.4 Å². The molecule has 26 heavy (non-hydrogen) atoms. The fourth-order valence-electron chi connectivity index (χ4n) is 3.07. The average molecular weight is 377 g/mol. The molecule has 2 N–H and O–H groups in total. The van der Waals surface area contributed by atoms with Crippen LogP contribution in [0.5, 0.6) is 0 Å². The molecule has 3 rings (SSSR count). The molecule has 0 saturated carbocycles. The number of nitrogens with zero attached hydrogens (tertiary/aromatic N) is 1. The maximum absolute atomic E-state index is 13.6. The number of hydrogen-bond donors (Lipinski definition) is 2. The van der Waals surface area contributed by atoms with Crippen molar-refractivity contribution in [3.63, 3.8) is 0 Å². The van der Waals surface area contributed by atoms with Crippen LogP contribution in [0.2, 0.25) is 0 Å². The highest BCUT2D eigenvalue weighted by molar-refractivity contribution is 7.15. The fraction of sp³-hybridized carbons (Fsp3) is 0.474. The van der Waals surface area contributed by atoms with Crippen LogP contribution in [0.3, 0.4) is 0 Å². The number of benzene rings is 1. The lowest BCUT2D eigenvalue weighted by molar-refractivity contribution is -0.0609. The molecule has 5 nitrogen and oxygen atoms in total. The molecule has 0 radical (unpaired) electrons. The van der Waals surface area contributed by atoms with Gasteiger partial charge in [0.2, 0.25) is 0 Å². The fourth-order valence-corrected chi connectivity index (χ4v) is 3.91. The van der Waals surface area contributed by atoms with Crippen molar-refractivity contribution in [2.45, 2.75) is 51.7 Å². The van der Waals surface area contributed by atoms with Gasteiger partial charge in [-0.1, -0.05) is 12.1 Å². The summed E-state index contributed by atoms with van der Waals surface area (Å²) in [7, 11) is 0. The smallest absolute Gasteiger partial charge is 0.321 e. The highest BCUT2D eigenvalue weighted by Gasteiger charge is 2.29. The van der Waals surface area contributed by atoms with Crippen LogP contribution < -0.4 is 10.6 Å². The lowest BCUT2D eigenvalue weighted by Gasteiger charge is -2.35. The zero-order valence-electron chi connectivity index (χ0n) is 15.3. The first kappa shape index (κ1) is 18.8. The Kier molecular flexibility index (Phi) is 5.58. The second kappa shape index (κ2) is 7.72. The molecule has 0 spiro atoms. The van der Waals surface area contributed by atoms with Crippen molar-refractivity contribution < 1.29 is 13.9 Å². The summed E-state index contributed by atoms with van der Waals surface area (Å²) in [5.41, 5.74) is 1.30. The Morgan fingerprint density at radius 3 is 3.00 bits per heavy atom. The molecule has 1 aliphatic heterocycles. The second-order valence-electron chi connectivity index (χ2n) is 7.29. The third kappa shape index (κ3) is 5.02. The van der Waals surface area contributed by atoms with Gasteiger partial charge in [0.1, 0.15) is 5.82 Å². The third-order valence-corrected chi connectivity index (χ3v) is 5.33. The highest BCUT2D eigenvalue weighted by atomic mass is 32.1. The van der Waals surface area contributed by atoms with Crippen molar-refractivity contribution in [3.8, 4) is 0 Å². The molecule has 2 aromatic rings. The Morgan fingerprint density at radius 2 is 2.27 bits per heavy atom. The van der Waals surface area contributed by atoms with E-state index in [2.05, 4.69) is 15.6 Å². The van der Waals surface area contributed by atoms with E-state index in [4.69, 9.17) is 4.74 Å². The van der Waals surface area contributed by atoms with Crippen molar-refractivity contribution in [3.05, 3.63) is 46.2 Å². The Morgan fingerprint density at radius 1 is 1.46 bits per heavy atom. The van der Waals surface area contributed by atoms with E-state index in [1.54, 1.807) is 25.3 Å². The number of carbonyl (C=O) groups excluding carboxylic acids is 1. The van der Waals surface area contributed by atoms with Crippen molar-refractivity contribution in [2.24, 2.45) is 0 Å². The summed E-state index contributed by atoms with van der Waals surface area (Å²) < 4.78 is 19.3. The number of aromatic nitrogens is 1. The molecule has 1 saturated heterocycles. The van der Waals surface area contributed by atoms with Gasteiger partial charge in [-0.25, -0.2) is 14.2 Å². The number of aryl methyl sites for hydroxylation is 1. The predicted octanol–water partition coefficient (Wildman–Crippen LogP) is 4.26. The van der Waals surface area contributed by atoms with Gasteiger partial charge in [-0.05, 0) is 50.8 Å². The van der Waals surface area contributed by atoms with Gasteiger partial charge in [0.15, 0.2) is 5.13 Å². The molecule has 1 aliphatic rings. The number of hydrogen-bond acceptors (Lipinski definition) is 4. The van der Waals surface area contributed by atoms with Crippen molar-refractivity contribution in [1.82, 2.24) is 10.3 Å². The summed E-state index contributed by atoms with van der Waals surface area (Å²) >= 11 is 1.40. The zero-order chi connectivity index (χ0) is 18.7. The molecule has 2 amide bonds. The molecule has 140 valence electrons. The Hall–Kier alpha value is -1.99. The zero-order valence-corrected chi connectivity index (χ0v) is 16.1. The van der Waals surface area contributed by atoms with Crippen molar-refractivity contribution >= 4 is 22.5 Å². The topological polar surface area (TPSA) is 63.2 Å². The standard InChI is InChI=1S/C19H24FN3O2S/c1-12-4-5-13(9-16(12)20)8-15-11-21-18(26-15)23-17(24)22-14-6-7-25-19(2,3)10-14/h4-5,9,11,14H,6-8,10H2,1-3H3,(H2,21,22,23,24). The molecule has 1 unspecified atom stereocenters. The van der Waals surface area contributed by atoms with Crippen molar-refractivity contribution in [1.29, 1.82) is 0 Å². The van der Waals surface area contributed by atoms with Crippen molar-refractivity contribution in [2.75, 3.05) is 11.9 Å². The molecule has 1 atom stereocenters. The Balaban J connectivity index is 1.54. The van der Waals surface area contributed by atoms with Gasteiger partial charge in [-0.3, -0.25) is 5.32 Å². The maximum Gasteiger partial charge on any atom is 0.321 e. The maximum atomic E-state index is 13.6. The molecule has 1 aromatic carbocycles. The summed E-state index contributed by atoms with van der Waals surface area (Å²) in [4.78, 5) is 17.4. The van der Waals surface area contributed by atoms with E-state index < -0.39 is 0 Å². The predicted molar refractivity (Wildman–Crippen MR) is 101 cm³/mol. The van der Waals surface area contributed by atoms with Crippen LogP contribution in [0.4, 0.5) is 14.3 Å². The van der Waals surface area contributed by atoms with Gasteiger partial charge in [0, 0.05) is 30.1 Å². The van der Waals surface area contributed by atoms with Gasteiger partial charge in [0.25, 0.3) is 0 Å². The molecule has 2 heterocycles. The molecular weight excluding hydrogens is 353 g/mol. The van der Waals surface area contributed by atoms with Gasteiger partial charge >= 0.3 is 6.03 Å². The highest BCUT2D eigenvalue weighted by Crippen LogP contribution is 2.25. The summed E-state index contributed by atoms with van der Waals surface area (Å²) in [6.07, 6.45) is 3.89. The number of anilines is 1. The van der Waals surface area contributed by atoms with E-state index in [0.29, 0.717) is 23.7 Å². The van der Waals surface area contributed by atoms with Crippen LogP contribution in [-0.4, -0.2) is 29.3 Å². The van der Waals surface area contributed by atoms with Crippen LogP contribution in [-0.2, 0) is 11.2 Å². The minimum Gasteiger partial charge on any atom is -0.375 e. The number of amides is 2. The molecule has 1 aromatic heterocycles. The average Bonchev–Trinajstić information content (AvgIpc) is 2.96. The molecule has 0 aliphatic carbocycles. The minimum absolute atomic E-state index is 0.0914. The quantitative estimate of drug-likeness (QED) is 0.837. The van der Waals surface area contributed by atoms with E-state index >= 15 is 0 Å². The van der Waals surface area contributed by atoms with E-state index in [-0.39, 0.29) is 23.5 Å². The van der Waals surface area contributed by atoms with Gasteiger partial charge in [-0.15, -0.1) is 11.3 Å². The monoisotopic (exact) mass is 377 g/mol. The van der Waals surface area contributed by atoms with Gasteiger partial charge in [-0.2, -0.15) is 0 Å². The SMILES string of the molecule is Cc1ccc(Cc2cnc(NC(=O)NC3CCOC(C)(C)C3)s2)cc1F. The number of thiazole rings is 1. The number of urea groups is 1. The minimum atomic E-state index is -0.255. The molecule has 0 bridgehead atoms. The first-order chi connectivity index (χ1) is 12.3. The molecule has 1 fully saturated rings. The lowest BCUT2D eigenvalue weighted by atomic mass is 9.94. The molecular formula is C19H24FN3O2S. The summed E-state index contributed by atoms with van der Waals surface area (Å²) in [5.74, 6) is -0.205. The van der Waals surface area contributed by atoms with Crippen LogP contribution in [0.1, 0.15) is 42.7 Å². The number of carbonyl (C=O) groups is 1. The number of nitrogens with one attached hydrogen (secondary N) is 2. The normalized spacial score (nSPS) is 19.2. The summed E-state index contributed by atoms with van der Waals surface area (Å²) in [5, 5.41) is 6.31. The van der Waals surface area contributed by atoms with E-state index in [0.717, 1.165) is 23.3 Å². The van der Waals surface area contributed by atoms with Crippen LogP contribution in [0, 0.1) is 12.7 Å². The summed E-state index contributed by atoms with van der Waals surface area (Å²) in [6, 6.07) is 5.06. The van der Waals surface area contributed by atoms with Gasteiger partial charge in [0.05, 0.1) is 5.60 Å². The first-order valence-corrected chi connectivity index (χ1v) is 9.53. The first-order valence-electron chi connectivity index (χ1n) is 8.72. The Bertz CT molecular complexity index is 791. The van der Waals surface area contributed by atoms with E-state index in [9.17, 15) is 9.18 Å². The van der Waals surface area contributed by atoms with Gasteiger partial charge < -0.3 is 10.1 Å².